The second-order valence-electron chi connectivity index (χ2n) is 4.63. The Morgan fingerprint density at radius 1 is 1.44 bits per heavy atom. The second-order valence-corrected chi connectivity index (χ2v) is 4.63. The Labute approximate surface area is 99.2 Å². The molecule has 1 unspecified atom stereocenters. The van der Waals surface area contributed by atoms with Gasteiger partial charge in [0.1, 0.15) is 0 Å². The number of nitrogens with zero attached hydrogens (tertiary/aromatic N) is 2. The number of rotatable bonds is 8. The summed E-state index contributed by atoms with van der Waals surface area (Å²) in [4.78, 5) is 0. The van der Waals surface area contributed by atoms with Gasteiger partial charge >= 0.3 is 0 Å². The summed E-state index contributed by atoms with van der Waals surface area (Å²) < 4.78 is 2.00. The Balaban J connectivity index is 2.06. The van der Waals surface area contributed by atoms with E-state index in [0.29, 0.717) is 6.04 Å². The molecule has 1 rings (SSSR count). The van der Waals surface area contributed by atoms with Gasteiger partial charge in [0.05, 0.1) is 12.7 Å². The molecule has 1 heterocycles. The van der Waals surface area contributed by atoms with Gasteiger partial charge in [0.2, 0.25) is 0 Å². The number of unbranched alkanes of at least 4 members (excludes halogenated alkanes) is 2. The van der Waals surface area contributed by atoms with Crippen molar-refractivity contribution in [2.24, 2.45) is 0 Å². The van der Waals surface area contributed by atoms with E-state index in [1.165, 1.54) is 31.2 Å². The summed E-state index contributed by atoms with van der Waals surface area (Å²) in [6.45, 7) is 8.56. The van der Waals surface area contributed by atoms with E-state index in [9.17, 15) is 0 Å². The van der Waals surface area contributed by atoms with Crippen LogP contribution in [0.25, 0.3) is 0 Å². The zero-order valence-corrected chi connectivity index (χ0v) is 10.9. The van der Waals surface area contributed by atoms with E-state index in [1.54, 1.807) is 0 Å². The summed E-state index contributed by atoms with van der Waals surface area (Å²) >= 11 is 0. The molecule has 0 amide bonds. The number of hydrogen-bond donors (Lipinski definition) is 1. The molecular formula is C13H25N3. The van der Waals surface area contributed by atoms with Gasteiger partial charge in [-0.1, -0.05) is 26.2 Å². The Bertz CT molecular complexity index is 280. The highest BCUT2D eigenvalue weighted by molar-refractivity contribution is 4.99. The van der Waals surface area contributed by atoms with Crippen LogP contribution in [0.2, 0.25) is 0 Å². The van der Waals surface area contributed by atoms with Crippen LogP contribution in [0.5, 0.6) is 0 Å². The Kier molecular flexibility index (Phi) is 6.16. The summed E-state index contributed by atoms with van der Waals surface area (Å²) in [5, 5.41) is 7.80. The quantitative estimate of drug-likeness (QED) is 0.687. The monoisotopic (exact) mass is 223 g/mol. The van der Waals surface area contributed by atoms with Crippen LogP contribution in [0.3, 0.4) is 0 Å². The maximum absolute atomic E-state index is 4.26. The van der Waals surface area contributed by atoms with Crippen LogP contribution < -0.4 is 5.32 Å². The van der Waals surface area contributed by atoms with Crippen LogP contribution in [0.4, 0.5) is 0 Å². The maximum atomic E-state index is 4.26. The third kappa shape index (κ3) is 5.31. The van der Waals surface area contributed by atoms with Gasteiger partial charge < -0.3 is 5.32 Å². The molecule has 0 aliphatic heterocycles. The first-order valence-corrected chi connectivity index (χ1v) is 6.44. The highest BCUT2D eigenvalue weighted by Crippen LogP contribution is 2.02. The van der Waals surface area contributed by atoms with Gasteiger partial charge in [-0.3, -0.25) is 4.68 Å². The fourth-order valence-electron chi connectivity index (χ4n) is 1.82. The zero-order valence-electron chi connectivity index (χ0n) is 10.9. The van der Waals surface area contributed by atoms with Crippen molar-refractivity contribution in [1.82, 2.24) is 15.1 Å². The average molecular weight is 223 g/mol. The fourth-order valence-corrected chi connectivity index (χ4v) is 1.82. The van der Waals surface area contributed by atoms with Crippen LogP contribution in [0, 0.1) is 6.92 Å². The van der Waals surface area contributed by atoms with E-state index in [0.717, 1.165) is 13.1 Å². The molecule has 0 radical (unpaired) electrons. The van der Waals surface area contributed by atoms with Gasteiger partial charge in [0.25, 0.3) is 0 Å². The molecule has 0 spiro atoms. The van der Waals surface area contributed by atoms with Crippen molar-refractivity contribution < 1.29 is 0 Å². The SMILES string of the molecule is CCCCCC(C)NCCn1cc(C)cn1. The predicted octanol–water partition coefficient (Wildman–Crippen LogP) is 2.75. The van der Waals surface area contributed by atoms with Crippen molar-refractivity contribution in [2.45, 2.75) is 59.0 Å². The van der Waals surface area contributed by atoms with Gasteiger partial charge in [-0.25, -0.2) is 0 Å². The fraction of sp³-hybridized carbons (Fsp3) is 0.769. The number of aryl methyl sites for hydroxylation is 1. The molecule has 0 fully saturated rings. The first-order valence-electron chi connectivity index (χ1n) is 6.44. The first-order chi connectivity index (χ1) is 7.72. The summed E-state index contributed by atoms with van der Waals surface area (Å²) in [5.74, 6) is 0. The molecule has 16 heavy (non-hydrogen) atoms. The molecule has 1 aromatic rings. The second kappa shape index (κ2) is 7.44. The van der Waals surface area contributed by atoms with Gasteiger partial charge in [0.15, 0.2) is 0 Å². The highest BCUT2D eigenvalue weighted by atomic mass is 15.3. The topological polar surface area (TPSA) is 29.9 Å². The maximum Gasteiger partial charge on any atom is 0.0534 e. The van der Waals surface area contributed by atoms with E-state index >= 15 is 0 Å². The molecule has 0 aromatic carbocycles. The molecule has 1 N–H and O–H groups in total. The summed E-state index contributed by atoms with van der Waals surface area (Å²) in [6, 6.07) is 0.628. The van der Waals surface area contributed by atoms with Crippen molar-refractivity contribution >= 4 is 0 Å². The van der Waals surface area contributed by atoms with Crippen LogP contribution >= 0.6 is 0 Å². The summed E-state index contributed by atoms with van der Waals surface area (Å²) in [5.41, 5.74) is 1.23. The van der Waals surface area contributed by atoms with Gasteiger partial charge in [-0.05, 0) is 25.8 Å². The third-order valence-electron chi connectivity index (χ3n) is 2.84. The Hall–Kier alpha value is -0.830. The predicted molar refractivity (Wildman–Crippen MR) is 68.6 cm³/mol. The lowest BCUT2D eigenvalue weighted by molar-refractivity contribution is 0.459. The van der Waals surface area contributed by atoms with Crippen molar-refractivity contribution in [1.29, 1.82) is 0 Å². The number of hydrogen-bond acceptors (Lipinski definition) is 2. The minimum atomic E-state index is 0.628. The van der Waals surface area contributed by atoms with E-state index in [-0.39, 0.29) is 0 Å². The highest BCUT2D eigenvalue weighted by Gasteiger charge is 2.00. The molecule has 0 aliphatic rings. The van der Waals surface area contributed by atoms with Crippen LogP contribution in [-0.2, 0) is 6.54 Å². The summed E-state index contributed by atoms with van der Waals surface area (Å²) in [6.07, 6.45) is 9.27. The number of nitrogens with one attached hydrogen (secondary N) is 1. The zero-order chi connectivity index (χ0) is 11.8. The first kappa shape index (κ1) is 13.2. The lowest BCUT2D eigenvalue weighted by Crippen LogP contribution is -2.29. The van der Waals surface area contributed by atoms with E-state index in [1.807, 2.05) is 10.9 Å². The van der Waals surface area contributed by atoms with E-state index in [2.05, 4.69) is 37.4 Å². The standard InChI is InChI=1S/C13H25N3/c1-4-5-6-7-13(3)14-8-9-16-11-12(2)10-15-16/h10-11,13-14H,4-9H2,1-3H3. The van der Waals surface area contributed by atoms with Crippen LogP contribution in [0.15, 0.2) is 12.4 Å². The van der Waals surface area contributed by atoms with Gasteiger partial charge in [-0.2, -0.15) is 5.10 Å². The molecule has 92 valence electrons. The minimum absolute atomic E-state index is 0.628. The van der Waals surface area contributed by atoms with Crippen LogP contribution in [0.1, 0.15) is 45.1 Å². The average Bonchev–Trinajstić information content (AvgIpc) is 2.65. The smallest absolute Gasteiger partial charge is 0.0534 e. The molecule has 1 aromatic heterocycles. The van der Waals surface area contributed by atoms with Gasteiger partial charge in [-0.15, -0.1) is 0 Å². The Morgan fingerprint density at radius 3 is 2.88 bits per heavy atom. The normalized spacial score (nSPS) is 12.9. The largest absolute Gasteiger partial charge is 0.312 e. The summed E-state index contributed by atoms with van der Waals surface area (Å²) in [7, 11) is 0. The van der Waals surface area contributed by atoms with Crippen molar-refractivity contribution in [3.05, 3.63) is 18.0 Å². The molecule has 0 saturated heterocycles. The van der Waals surface area contributed by atoms with Crippen molar-refractivity contribution in [3.63, 3.8) is 0 Å². The molecular weight excluding hydrogens is 198 g/mol. The minimum Gasteiger partial charge on any atom is -0.312 e. The lowest BCUT2D eigenvalue weighted by Gasteiger charge is -2.13. The number of aromatic nitrogens is 2. The van der Waals surface area contributed by atoms with Crippen LogP contribution in [-0.4, -0.2) is 22.4 Å². The molecule has 1 atom stereocenters. The Morgan fingerprint density at radius 2 is 2.25 bits per heavy atom. The van der Waals surface area contributed by atoms with Crippen molar-refractivity contribution in [3.8, 4) is 0 Å². The molecule has 3 nitrogen and oxygen atoms in total. The molecule has 0 saturated carbocycles. The molecule has 0 bridgehead atoms. The van der Waals surface area contributed by atoms with E-state index < -0.39 is 0 Å². The van der Waals surface area contributed by atoms with E-state index in [4.69, 9.17) is 0 Å². The lowest BCUT2D eigenvalue weighted by atomic mass is 10.1. The third-order valence-corrected chi connectivity index (χ3v) is 2.84. The molecule has 3 heteroatoms. The molecule has 0 aliphatic carbocycles. The van der Waals surface area contributed by atoms with Crippen molar-refractivity contribution in [2.75, 3.05) is 6.54 Å². The van der Waals surface area contributed by atoms with Gasteiger partial charge in [0, 0.05) is 18.8 Å².